The highest BCUT2D eigenvalue weighted by molar-refractivity contribution is 6.18. The first-order chi connectivity index (χ1) is 27.3. The number of nitrogens with zero attached hydrogens (tertiary/aromatic N) is 2. The lowest BCUT2D eigenvalue weighted by Crippen LogP contribution is -2.10. The van der Waals surface area contributed by atoms with Crippen LogP contribution in [0.4, 0.5) is 17.1 Å². The number of hydrogen-bond donors (Lipinski definition) is 0. The first kappa shape index (κ1) is 31.2. The van der Waals surface area contributed by atoms with E-state index in [1.54, 1.807) is 0 Å². The minimum absolute atomic E-state index is 0.894. The van der Waals surface area contributed by atoms with Gasteiger partial charge in [0.15, 0.2) is 5.58 Å². The van der Waals surface area contributed by atoms with Crippen LogP contribution < -0.4 is 4.90 Å². The van der Waals surface area contributed by atoms with E-state index >= 15 is 0 Å². The summed E-state index contributed by atoms with van der Waals surface area (Å²) in [5.74, 6) is 0. The van der Waals surface area contributed by atoms with Crippen molar-refractivity contribution in [3.05, 3.63) is 206 Å². The summed E-state index contributed by atoms with van der Waals surface area (Å²) in [6, 6.07) is 73.8. The highest BCUT2D eigenvalue weighted by Crippen LogP contribution is 2.44. The summed E-state index contributed by atoms with van der Waals surface area (Å²) in [4.78, 5) is 2.37. The molecule has 0 unspecified atom stereocenters. The summed E-state index contributed by atoms with van der Waals surface area (Å²) < 4.78 is 9.19. The van der Waals surface area contributed by atoms with E-state index in [0.717, 1.165) is 66.8 Å². The number of anilines is 3. The zero-order valence-electron chi connectivity index (χ0n) is 29.9. The molecule has 3 heteroatoms. The van der Waals surface area contributed by atoms with Gasteiger partial charge in [-0.25, -0.2) is 0 Å². The maximum absolute atomic E-state index is 6.86. The van der Waals surface area contributed by atoms with E-state index in [-0.39, 0.29) is 0 Å². The fourth-order valence-electron chi connectivity index (χ4n) is 8.45. The SMILES string of the molecule is c1ccc(-n2c3ccccc3c3oc4c(-c5ccc(N(c6ccc(-c7cccc8ccccc78)cc6)c6cccc7ccccc67)cc5)cccc4c32)cc1. The molecule has 11 rings (SSSR count). The molecule has 0 aliphatic rings. The molecule has 0 bridgehead atoms. The molecule has 2 heterocycles. The van der Waals surface area contributed by atoms with Crippen LogP contribution >= 0.6 is 0 Å². The Morgan fingerprint density at radius 3 is 1.64 bits per heavy atom. The molecule has 0 atom stereocenters. The number of aromatic nitrogens is 1. The van der Waals surface area contributed by atoms with Gasteiger partial charge < -0.3 is 13.9 Å². The van der Waals surface area contributed by atoms with Gasteiger partial charge in [0.05, 0.1) is 11.2 Å². The Labute approximate surface area is 318 Å². The molecule has 0 aliphatic carbocycles. The fourth-order valence-corrected chi connectivity index (χ4v) is 8.45. The molecule has 0 fully saturated rings. The highest BCUT2D eigenvalue weighted by atomic mass is 16.3. The average Bonchev–Trinajstić information content (AvgIpc) is 3.80. The summed E-state index contributed by atoms with van der Waals surface area (Å²) in [6.07, 6.45) is 0. The van der Waals surface area contributed by atoms with Crippen molar-refractivity contribution in [2.45, 2.75) is 0 Å². The first-order valence-corrected chi connectivity index (χ1v) is 18.8. The molecule has 0 N–H and O–H groups in total. The topological polar surface area (TPSA) is 21.3 Å². The van der Waals surface area contributed by atoms with Crippen molar-refractivity contribution in [2.24, 2.45) is 0 Å². The maximum Gasteiger partial charge on any atom is 0.161 e. The molecular weight excluding hydrogens is 669 g/mol. The lowest BCUT2D eigenvalue weighted by atomic mass is 9.98. The third-order valence-electron chi connectivity index (χ3n) is 11.0. The van der Waals surface area contributed by atoms with Crippen LogP contribution in [0.15, 0.2) is 211 Å². The number of hydrogen-bond acceptors (Lipinski definition) is 2. The van der Waals surface area contributed by atoms with Crippen molar-refractivity contribution in [2.75, 3.05) is 4.90 Å². The third-order valence-corrected chi connectivity index (χ3v) is 11.0. The maximum atomic E-state index is 6.86. The van der Waals surface area contributed by atoms with E-state index in [4.69, 9.17) is 4.42 Å². The van der Waals surface area contributed by atoms with Crippen molar-refractivity contribution in [1.29, 1.82) is 0 Å². The van der Waals surface area contributed by atoms with Crippen molar-refractivity contribution in [3.63, 3.8) is 0 Å². The second kappa shape index (κ2) is 12.6. The van der Waals surface area contributed by atoms with Gasteiger partial charge in [-0.1, -0.05) is 146 Å². The zero-order chi connectivity index (χ0) is 36.3. The van der Waals surface area contributed by atoms with Gasteiger partial charge in [0.1, 0.15) is 11.1 Å². The number of rotatable bonds is 6. The molecule has 0 radical (unpaired) electrons. The first-order valence-electron chi connectivity index (χ1n) is 18.8. The van der Waals surface area contributed by atoms with Crippen molar-refractivity contribution in [3.8, 4) is 27.9 Å². The van der Waals surface area contributed by atoms with Gasteiger partial charge in [0.25, 0.3) is 0 Å². The zero-order valence-corrected chi connectivity index (χ0v) is 29.9. The Hall–Kier alpha value is -7.36. The van der Waals surface area contributed by atoms with Gasteiger partial charge in [0.2, 0.25) is 0 Å². The van der Waals surface area contributed by atoms with E-state index in [2.05, 4.69) is 216 Å². The molecular formula is C52H34N2O. The van der Waals surface area contributed by atoms with Crippen LogP contribution in [0.3, 0.4) is 0 Å². The van der Waals surface area contributed by atoms with E-state index in [0.29, 0.717) is 0 Å². The summed E-state index contributed by atoms with van der Waals surface area (Å²) >= 11 is 0. The molecule has 3 nitrogen and oxygen atoms in total. The molecule has 0 spiro atoms. The smallest absolute Gasteiger partial charge is 0.161 e. The highest BCUT2D eigenvalue weighted by Gasteiger charge is 2.22. The van der Waals surface area contributed by atoms with Gasteiger partial charge in [-0.15, -0.1) is 0 Å². The lowest BCUT2D eigenvalue weighted by Gasteiger charge is -2.27. The summed E-state index contributed by atoms with van der Waals surface area (Å²) in [5, 5.41) is 7.11. The quantitative estimate of drug-likeness (QED) is 0.172. The standard InChI is InChI=1S/C52H34N2O/c1-2-17-39(18-3-1)54-49-25-9-8-21-46(49)52-50(54)47-24-12-23-45(51(47)55-52)38-29-33-41(34-30-38)53(48-26-11-16-36-14-5-7-20-44(36)48)40-31-27-37(28-32-40)43-22-10-15-35-13-4-6-19-42(35)43/h1-34H. The molecule has 55 heavy (non-hydrogen) atoms. The molecule has 0 saturated carbocycles. The van der Waals surface area contributed by atoms with Crippen LogP contribution in [0.5, 0.6) is 0 Å². The largest absolute Gasteiger partial charge is 0.453 e. The van der Waals surface area contributed by atoms with Gasteiger partial charge in [-0.2, -0.15) is 0 Å². The second-order valence-corrected chi connectivity index (χ2v) is 14.1. The Morgan fingerprint density at radius 2 is 0.891 bits per heavy atom. The molecule has 0 amide bonds. The van der Waals surface area contributed by atoms with E-state index in [9.17, 15) is 0 Å². The van der Waals surface area contributed by atoms with Gasteiger partial charge in [0, 0.05) is 38.8 Å². The Kier molecular flexibility index (Phi) is 7.17. The molecule has 0 aliphatic heterocycles. The summed E-state index contributed by atoms with van der Waals surface area (Å²) in [5.41, 5.74) is 13.1. The summed E-state index contributed by atoms with van der Waals surface area (Å²) in [7, 11) is 0. The lowest BCUT2D eigenvalue weighted by molar-refractivity contribution is 0.674. The van der Waals surface area contributed by atoms with Crippen LogP contribution in [0.25, 0.3) is 82.5 Å². The van der Waals surface area contributed by atoms with Crippen LogP contribution in [-0.2, 0) is 0 Å². The number of benzene rings is 9. The van der Waals surface area contributed by atoms with E-state index in [1.807, 2.05) is 0 Å². The predicted molar refractivity (Wildman–Crippen MR) is 231 cm³/mol. The normalized spacial score (nSPS) is 11.6. The van der Waals surface area contributed by atoms with E-state index in [1.165, 1.54) is 32.7 Å². The summed E-state index contributed by atoms with van der Waals surface area (Å²) in [6.45, 7) is 0. The van der Waals surface area contributed by atoms with Crippen molar-refractivity contribution >= 4 is 71.6 Å². The Bertz CT molecular complexity index is 3180. The minimum atomic E-state index is 0.894. The monoisotopic (exact) mass is 702 g/mol. The van der Waals surface area contributed by atoms with Crippen molar-refractivity contribution < 1.29 is 4.42 Å². The third kappa shape index (κ3) is 5.05. The second-order valence-electron chi connectivity index (χ2n) is 14.1. The average molecular weight is 703 g/mol. The van der Waals surface area contributed by atoms with Crippen LogP contribution in [-0.4, -0.2) is 4.57 Å². The van der Waals surface area contributed by atoms with Gasteiger partial charge >= 0.3 is 0 Å². The minimum Gasteiger partial charge on any atom is -0.453 e. The van der Waals surface area contributed by atoms with Crippen LogP contribution in [0.2, 0.25) is 0 Å². The molecule has 9 aromatic carbocycles. The number of fused-ring (bicyclic) bond motifs is 7. The van der Waals surface area contributed by atoms with Crippen LogP contribution in [0.1, 0.15) is 0 Å². The van der Waals surface area contributed by atoms with Gasteiger partial charge in [-0.05, 0) is 93.5 Å². The number of furan rings is 1. The van der Waals surface area contributed by atoms with Gasteiger partial charge in [-0.3, -0.25) is 0 Å². The number of para-hydroxylation sites is 3. The van der Waals surface area contributed by atoms with E-state index < -0.39 is 0 Å². The Morgan fingerprint density at radius 1 is 0.364 bits per heavy atom. The van der Waals surface area contributed by atoms with Crippen molar-refractivity contribution in [1.82, 2.24) is 4.57 Å². The molecule has 2 aromatic heterocycles. The fraction of sp³-hybridized carbons (Fsp3) is 0. The molecule has 11 aromatic rings. The predicted octanol–water partition coefficient (Wildman–Crippen LogP) is 14.6. The molecule has 258 valence electrons. The van der Waals surface area contributed by atoms with Crippen LogP contribution in [0, 0.1) is 0 Å². The Balaban J connectivity index is 1.04. The molecule has 0 saturated heterocycles.